The molecule has 0 aromatic carbocycles. The first-order valence-electron chi connectivity index (χ1n) is 5.45. The van der Waals surface area contributed by atoms with Gasteiger partial charge in [-0.3, -0.25) is 4.79 Å². The Morgan fingerprint density at radius 1 is 1.40 bits per heavy atom. The third kappa shape index (κ3) is 1.36. The quantitative estimate of drug-likeness (QED) is 0.633. The maximum Gasteiger partial charge on any atom is 0.252 e. The maximum absolute atomic E-state index is 11.8. The van der Waals surface area contributed by atoms with Gasteiger partial charge < -0.3 is 15.6 Å². The molecule has 1 saturated heterocycles. The molecule has 3 N–H and O–H groups in total. The molecule has 0 saturated carbocycles. The number of anilines is 1. The molecule has 0 amide bonds. The smallest absolute Gasteiger partial charge is 0.252 e. The van der Waals surface area contributed by atoms with Gasteiger partial charge in [0.2, 0.25) is 0 Å². The van der Waals surface area contributed by atoms with Gasteiger partial charge >= 0.3 is 0 Å². The Kier molecular flexibility index (Phi) is 1.85. The number of aromatic nitrogens is 1. The first-order chi connectivity index (χ1) is 7.24. The molecule has 80 valence electrons. The average molecular weight is 205 g/mol. The number of nitrogen functional groups attached to an aromatic ring is 1. The highest BCUT2D eigenvalue weighted by atomic mass is 16.1. The van der Waals surface area contributed by atoms with Crippen LogP contribution in [0.5, 0.6) is 0 Å². The van der Waals surface area contributed by atoms with Crippen molar-refractivity contribution in [3.8, 4) is 0 Å². The van der Waals surface area contributed by atoms with E-state index in [9.17, 15) is 4.79 Å². The van der Waals surface area contributed by atoms with E-state index in [-0.39, 0.29) is 5.56 Å². The Balaban J connectivity index is 2.17. The van der Waals surface area contributed by atoms with Gasteiger partial charge in [0.05, 0.1) is 0 Å². The molecule has 2 unspecified atom stereocenters. The number of nitrogens with two attached hydrogens (primary N) is 1. The zero-order chi connectivity index (χ0) is 10.4. The van der Waals surface area contributed by atoms with Gasteiger partial charge in [-0.05, 0) is 24.9 Å². The Bertz CT molecular complexity index is 452. The molecule has 0 spiro atoms. The number of rotatable bonds is 0. The van der Waals surface area contributed by atoms with Gasteiger partial charge in [-0.15, -0.1) is 0 Å². The van der Waals surface area contributed by atoms with E-state index >= 15 is 0 Å². The van der Waals surface area contributed by atoms with Crippen LogP contribution in [0.2, 0.25) is 0 Å². The summed E-state index contributed by atoms with van der Waals surface area (Å²) in [5.74, 6) is 1.08. The Morgan fingerprint density at radius 3 is 3.13 bits per heavy atom. The summed E-state index contributed by atoms with van der Waals surface area (Å²) in [6.07, 6.45) is 1.19. The summed E-state index contributed by atoms with van der Waals surface area (Å²) in [5, 5.41) is 3.41. The highest BCUT2D eigenvalue weighted by Gasteiger charge is 2.30. The van der Waals surface area contributed by atoms with Crippen LogP contribution in [0.3, 0.4) is 0 Å². The number of fused-ring (bicyclic) bond motifs is 4. The molecule has 2 bridgehead atoms. The van der Waals surface area contributed by atoms with Crippen LogP contribution in [-0.2, 0) is 6.54 Å². The molecular formula is C11H15N3O. The van der Waals surface area contributed by atoms with Crippen molar-refractivity contribution in [2.75, 3.05) is 18.8 Å². The average Bonchev–Trinajstić information content (AvgIpc) is 2.21. The van der Waals surface area contributed by atoms with Crippen molar-refractivity contribution in [1.82, 2.24) is 9.88 Å². The summed E-state index contributed by atoms with van der Waals surface area (Å²) >= 11 is 0. The third-order valence-corrected chi connectivity index (χ3v) is 3.48. The molecule has 1 aromatic heterocycles. The van der Waals surface area contributed by atoms with Gasteiger partial charge in [-0.1, -0.05) is 0 Å². The lowest BCUT2D eigenvalue weighted by Gasteiger charge is -2.37. The molecule has 15 heavy (non-hydrogen) atoms. The van der Waals surface area contributed by atoms with E-state index in [2.05, 4.69) is 5.32 Å². The second-order valence-corrected chi connectivity index (χ2v) is 4.62. The Hall–Kier alpha value is -1.29. The summed E-state index contributed by atoms with van der Waals surface area (Å²) in [6.45, 7) is 2.85. The van der Waals surface area contributed by atoms with Crippen LogP contribution in [-0.4, -0.2) is 17.7 Å². The molecule has 1 fully saturated rings. The van der Waals surface area contributed by atoms with E-state index < -0.39 is 0 Å². The van der Waals surface area contributed by atoms with E-state index in [1.807, 2.05) is 10.6 Å². The molecule has 3 heterocycles. The Labute approximate surface area is 88.1 Å². The fourth-order valence-corrected chi connectivity index (χ4v) is 2.83. The predicted octanol–water partition coefficient (Wildman–Crippen LogP) is 0.137. The summed E-state index contributed by atoms with van der Waals surface area (Å²) in [4.78, 5) is 11.8. The molecule has 2 aliphatic heterocycles. The molecule has 0 radical (unpaired) electrons. The van der Waals surface area contributed by atoms with Gasteiger partial charge in [-0.25, -0.2) is 0 Å². The number of hydrogen-bond donors (Lipinski definition) is 2. The fraction of sp³-hybridized carbons (Fsp3) is 0.545. The van der Waals surface area contributed by atoms with E-state index in [1.165, 1.54) is 12.5 Å². The van der Waals surface area contributed by atoms with Gasteiger partial charge in [0.15, 0.2) is 0 Å². The van der Waals surface area contributed by atoms with Crippen molar-refractivity contribution in [2.24, 2.45) is 5.92 Å². The van der Waals surface area contributed by atoms with Gasteiger partial charge in [0.1, 0.15) is 0 Å². The molecule has 1 aromatic rings. The molecule has 2 aliphatic rings. The normalized spacial score (nSPS) is 28.5. The zero-order valence-electron chi connectivity index (χ0n) is 8.57. The van der Waals surface area contributed by atoms with Crippen molar-refractivity contribution in [2.45, 2.75) is 18.9 Å². The summed E-state index contributed by atoms with van der Waals surface area (Å²) in [6, 6.07) is 3.48. The number of hydrogen-bond acceptors (Lipinski definition) is 3. The van der Waals surface area contributed by atoms with Gasteiger partial charge in [0, 0.05) is 36.5 Å². The molecule has 3 rings (SSSR count). The van der Waals surface area contributed by atoms with Gasteiger partial charge in [0.25, 0.3) is 5.56 Å². The lowest BCUT2D eigenvalue weighted by molar-refractivity contribution is 0.257. The molecule has 4 nitrogen and oxygen atoms in total. The highest BCUT2D eigenvalue weighted by molar-refractivity contribution is 5.39. The number of nitrogens with one attached hydrogen (secondary N) is 1. The van der Waals surface area contributed by atoms with E-state index in [4.69, 9.17) is 5.73 Å². The van der Waals surface area contributed by atoms with Crippen LogP contribution < -0.4 is 16.6 Å². The van der Waals surface area contributed by atoms with E-state index in [0.29, 0.717) is 17.5 Å². The fourth-order valence-electron chi connectivity index (χ4n) is 2.83. The van der Waals surface area contributed by atoms with E-state index in [0.717, 1.165) is 25.3 Å². The number of pyridine rings is 1. The summed E-state index contributed by atoms with van der Waals surface area (Å²) in [7, 11) is 0. The first-order valence-corrected chi connectivity index (χ1v) is 5.45. The molecule has 2 atom stereocenters. The van der Waals surface area contributed by atoms with Crippen LogP contribution in [0.25, 0.3) is 0 Å². The Morgan fingerprint density at radius 2 is 2.27 bits per heavy atom. The maximum atomic E-state index is 11.8. The second-order valence-electron chi connectivity index (χ2n) is 4.62. The van der Waals surface area contributed by atoms with Crippen LogP contribution in [0.4, 0.5) is 5.69 Å². The SMILES string of the molecule is Nc1cc2n(c(=O)c1)CC1CNCC2C1. The minimum absolute atomic E-state index is 0.0570. The predicted molar refractivity (Wildman–Crippen MR) is 58.8 cm³/mol. The topological polar surface area (TPSA) is 60.0 Å². The number of piperidine rings is 1. The third-order valence-electron chi connectivity index (χ3n) is 3.48. The monoisotopic (exact) mass is 205 g/mol. The summed E-state index contributed by atoms with van der Waals surface area (Å²) < 4.78 is 1.90. The van der Waals surface area contributed by atoms with Crippen LogP contribution in [0.15, 0.2) is 16.9 Å². The van der Waals surface area contributed by atoms with Crippen LogP contribution >= 0.6 is 0 Å². The minimum atomic E-state index is 0.0570. The number of nitrogens with zero attached hydrogens (tertiary/aromatic N) is 1. The van der Waals surface area contributed by atoms with Crippen molar-refractivity contribution in [1.29, 1.82) is 0 Å². The van der Waals surface area contributed by atoms with Crippen LogP contribution in [0.1, 0.15) is 18.0 Å². The van der Waals surface area contributed by atoms with E-state index in [1.54, 1.807) is 0 Å². The lowest BCUT2D eigenvalue weighted by Crippen LogP contribution is -2.44. The van der Waals surface area contributed by atoms with Gasteiger partial charge in [-0.2, -0.15) is 0 Å². The highest BCUT2D eigenvalue weighted by Crippen LogP contribution is 2.32. The van der Waals surface area contributed by atoms with Crippen molar-refractivity contribution in [3.63, 3.8) is 0 Å². The second kappa shape index (κ2) is 3.10. The molecule has 0 aliphatic carbocycles. The minimum Gasteiger partial charge on any atom is -0.399 e. The van der Waals surface area contributed by atoms with Crippen molar-refractivity contribution < 1.29 is 0 Å². The standard InChI is InChI=1S/C11H15N3O/c12-9-2-10-8-1-7(4-13-5-8)6-14(10)11(15)3-9/h2-3,7-8,13H,1,4-6,12H2. The molecule has 4 heteroatoms. The van der Waals surface area contributed by atoms with Crippen LogP contribution in [0, 0.1) is 5.92 Å². The largest absolute Gasteiger partial charge is 0.399 e. The molecular weight excluding hydrogens is 190 g/mol. The summed E-state index contributed by atoms with van der Waals surface area (Å²) in [5.41, 5.74) is 7.48. The first kappa shape index (κ1) is 8.97. The van der Waals surface area contributed by atoms with Crippen molar-refractivity contribution >= 4 is 5.69 Å². The lowest BCUT2D eigenvalue weighted by atomic mass is 9.84. The van der Waals surface area contributed by atoms with Crippen molar-refractivity contribution in [3.05, 3.63) is 28.2 Å². The zero-order valence-corrected chi connectivity index (χ0v) is 8.57.